The summed E-state index contributed by atoms with van der Waals surface area (Å²) >= 11 is 3.30. The van der Waals surface area contributed by atoms with E-state index in [0.29, 0.717) is 0 Å². The Kier molecular flexibility index (Phi) is 4.69. The van der Waals surface area contributed by atoms with Crippen molar-refractivity contribution in [3.8, 4) is 0 Å². The van der Waals surface area contributed by atoms with Crippen molar-refractivity contribution < 1.29 is 9.53 Å². The van der Waals surface area contributed by atoms with Gasteiger partial charge in [0.15, 0.2) is 0 Å². The number of alkyl halides is 1. The predicted molar refractivity (Wildman–Crippen MR) is 54.0 cm³/mol. The first-order valence-corrected chi connectivity index (χ1v) is 5.30. The number of carbonyl (C=O) groups excluding carboxylic acids is 1. The van der Waals surface area contributed by atoms with Crippen molar-refractivity contribution in [2.24, 2.45) is 0 Å². The topological polar surface area (TPSA) is 41.6 Å². The molecule has 1 aliphatic rings. The number of nitrogens with zero attached hydrogens (tertiary/aromatic N) is 1. The lowest BCUT2D eigenvalue weighted by Crippen LogP contribution is -2.46. The van der Waals surface area contributed by atoms with Crippen molar-refractivity contribution in [3.05, 3.63) is 0 Å². The van der Waals surface area contributed by atoms with Gasteiger partial charge in [-0.1, -0.05) is 15.9 Å². The van der Waals surface area contributed by atoms with Crippen LogP contribution in [0.2, 0.25) is 0 Å². The molecule has 1 saturated heterocycles. The quantitative estimate of drug-likeness (QED) is 0.558. The number of piperazine rings is 1. The molecule has 76 valence electrons. The molecule has 0 amide bonds. The van der Waals surface area contributed by atoms with Gasteiger partial charge in [-0.25, -0.2) is 0 Å². The largest absolute Gasteiger partial charge is 0.468 e. The summed E-state index contributed by atoms with van der Waals surface area (Å²) < 4.78 is 4.63. The van der Waals surface area contributed by atoms with Crippen LogP contribution in [0.3, 0.4) is 0 Å². The average Bonchev–Trinajstić information content (AvgIpc) is 2.18. The fraction of sp³-hybridized carbons (Fsp3) is 0.875. The molecule has 0 aliphatic carbocycles. The van der Waals surface area contributed by atoms with Crippen LogP contribution in [0.25, 0.3) is 0 Å². The first-order valence-electron chi connectivity index (χ1n) is 4.39. The number of hydrogen-bond donors (Lipinski definition) is 1. The molecule has 4 nitrogen and oxygen atoms in total. The Hall–Kier alpha value is -0.130. The molecule has 13 heavy (non-hydrogen) atoms. The summed E-state index contributed by atoms with van der Waals surface area (Å²) in [5.41, 5.74) is 0. The molecular weight excluding hydrogens is 236 g/mol. The Bertz CT molecular complexity index is 172. The number of esters is 1. The SMILES string of the molecule is COC(=O)C(Br)CN1CCNCC1. The molecule has 0 aromatic carbocycles. The highest BCUT2D eigenvalue weighted by molar-refractivity contribution is 9.10. The number of hydrogen-bond acceptors (Lipinski definition) is 4. The lowest BCUT2D eigenvalue weighted by Gasteiger charge is -2.28. The second kappa shape index (κ2) is 5.57. The summed E-state index contributed by atoms with van der Waals surface area (Å²) in [4.78, 5) is 13.1. The molecule has 0 saturated carbocycles. The molecule has 1 rings (SSSR count). The molecule has 0 aromatic heterocycles. The summed E-state index contributed by atoms with van der Waals surface area (Å²) in [5.74, 6) is -0.196. The van der Waals surface area contributed by atoms with E-state index in [9.17, 15) is 4.79 Å². The molecule has 5 heteroatoms. The van der Waals surface area contributed by atoms with E-state index in [0.717, 1.165) is 32.7 Å². The van der Waals surface area contributed by atoms with Crippen molar-refractivity contribution in [1.82, 2.24) is 10.2 Å². The van der Waals surface area contributed by atoms with E-state index in [1.807, 2.05) is 0 Å². The van der Waals surface area contributed by atoms with Crippen molar-refractivity contribution in [2.45, 2.75) is 4.83 Å². The van der Waals surface area contributed by atoms with Crippen LogP contribution < -0.4 is 5.32 Å². The lowest BCUT2D eigenvalue weighted by atomic mass is 10.3. The van der Waals surface area contributed by atoms with Gasteiger partial charge in [0.25, 0.3) is 0 Å². The first kappa shape index (κ1) is 10.9. The molecule has 0 bridgehead atoms. The number of carbonyl (C=O) groups is 1. The Morgan fingerprint density at radius 3 is 2.77 bits per heavy atom. The molecule has 1 atom stereocenters. The third kappa shape index (κ3) is 3.62. The van der Waals surface area contributed by atoms with Gasteiger partial charge in [0.05, 0.1) is 7.11 Å². The summed E-state index contributed by atoms with van der Waals surface area (Å²) in [6, 6.07) is 0. The number of rotatable bonds is 3. The van der Waals surface area contributed by atoms with Crippen LogP contribution >= 0.6 is 15.9 Å². The molecule has 1 aliphatic heterocycles. The van der Waals surface area contributed by atoms with Gasteiger partial charge in [-0.05, 0) is 0 Å². The van der Waals surface area contributed by atoms with Gasteiger partial charge in [0.1, 0.15) is 4.83 Å². The maximum absolute atomic E-state index is 11.1. The standard InChI is InChI=1S/C8H15BrN2O2/c1-13-8(12)7(9)6-11-4-2-10-3-5-11/h7,10H,2-6H2,1H3. The monoisotopic (exact) mass is 250 g/mol. The zero-order chi connectivity index (χ0) is 9.68. The minimum absolute atomic E-state index is 0.196. The van der Waals surface area contributed by atoms with E-state index in [4.69, 9.17) is 0 Å². The van der Waals surface area contributed by atoms with Crippen molar-refractivity contribution in [3.63, 3.8) is 0 Å². The number of nitrogens with one attached hydrogen (secondary N) is 1. The highest BCUT2D eigenvalue weighted by Gasteiger charge is 2.20. The molecule has 1 fully saturated rings. The average molecular weight is 251 g/mol. The van der Waals surface area contributed by atoms with Crippen LogP contribution in [0.15, 0.2) is 0 Å². The predicted octanol–water partition coefficient (Wildman–Crippen LogP) is -0.172. The van der Waals surface area contributed by atoms with Gasteiger partial charge in [-0.15, -0.1) is 0 Å². The normalized spacial score (nSPS) is 21.1. The maximum Gasteiger partial charge on any atom is 0.320 e. The molecular formula is C8H15BrN2O2. The second-order valence-electron chi connectivity index (χ2n) is 3.04. The van der Waals surface area contributed by atoms with Gasteiger partial charge in [0.2, 0.25) is 0 Å². The second-order valence-corrected chi connectivity index (χ2v) is 4.15. The summed E-state index contributed by atoms with van der Waals surface area (Å²) in [6.45, 7) is 4.73. The van der Waals surface area contributed by atoms with Crippen LogP contribution in [0.4, 0.5) is 0 Å². The van der Waals surface area contributed by atoms with Crippen molar-refractivity contribution in [2.75, 3.05) is 39.8 Å². The van der Waals surface area contributed by atoms with Gasteiger partial charge < -0.3 is 10.1 Å². The minimum atomic E-state index is -0.199. The fourth-order valence-electron chi connectivity index (χ4n) is 1.32. The Balaban J connectivity index is 2.25. The Morgan fingerprint density at radius 2 is 2.23 bits per heavy atom. The highest BCUT2D eigenvalue weighted by atomic mass is 79.9. The number of ether oxygens (including phenoxy) is 1. The smallest absolute Gasteiger partial charge is 0.320 e. The van der Waals surface area contributed by atoms with Gasteiger partial charge in [-0.2, -0.15) is 0 Å². The van der Waals surface area contributed by atoms with E-state index >= 15 is 0 Å². The van der Waals surface area contributed by atoms with Gasteiger partial charge >= 0.3 is 5.97 Å². The van der Waals surface area contributed by atoms with Crippen LogP contribution in [0.5, 0.6) is 0 Å². The fourth-order valence-corrected chi connectivity index (χ4v) is 1.92. The van der Waals surface area contributed by atoms with Gasteiger partial charge in [0, 0.05) is 32.7 Å². The van der Waals surface area contributed by atoms with Crippen LogP contribution in [-0.4, -0.2) is 55.5 Å². The van der Waals surface area contributed by atoms with Gasteiger partial charge in [-0.3, -0.25) is 9.69 Å². The summed E-state index contributed by atoms with van der Waals surface area (Å²) in [5, 5.41) is 3.26. The van der Waals surface area contributed by atoms with Crippen LogP contribution in [0, 0.1) is 0 Å². The van der Waals surface area contributed by atoms with Crippen molar-refractivity contribution in [1.29, 1.82) is 0 Å². The number of halogens is 1. The minimum Gasteiger partial charge on any atom is -0.468 e. The number of methoxy groups -OCH3 is 1. The maximum atomic E-state index is 11.1. The lowest BCUT2D eigenvalue weighted by molar-refractivity contribution is -0.140. The van der Waals surface area contributed by atoms with Crippen molar-refractivity contribution >= 4 is 21.9 Å². The summed E-state index contributed by atoms with van der Waals surface area (Å²) in [7, 11) is 1.41. The molecule has 0 spiro atoms. The Labute approximate surface area is 86.7 Å². The first-order chi connectivity index (χ1) is 6.24. The van der Waals surface area contributed by atoms with E-state index in [-0.39, 0.29) is 10.8 Å². The molecule has 1 unspecified atom stereocenters. The summed E-state index contributed by atoms with van der Waals surface area (Å²) in [6.07, 6.45) is 0. The van der Waals surface area contributed by atoms with Crippen LogP contribution in [0.1, 0.15) is 0 Å². The third-order valence-corrected chi connectivity index (χ3v) is 2.75. The zero-order valence-corrected chi connectivity index (χ0v) is 9.34. The molecule has 1 heterocycles. The van der Waals surface area contributed by atoms with E-state index in [1.165, 1.54) is 7.11 Å². The van der Waals surface area contributed by atoms with E-state index in [2.05, 4.69) is 30.9 Å². The molecule has 1 N–H and O–H groups in total. The van der Waals surface area contributed by atoms with Crippen LogP contribution in [-0.2, 0) is 9.53 Å². The molecule has 0 aromatic rings. The van der Waals surface area contributed by atoms with E-state index in [1.54, 1.807) is 0 Å². The highest BCUT2D eigenvalue weighted by Crippen LogP contribution is 2.05. The Morgan fingerprint density at radius 1 is 1.62 bits per heavy atom. The molecule has 0 radical (unpaired) electrons. The van der Waals surface area contributed by atoms with E-state index < -0.39 is 0 Å². The zero-order valence-electron chi connectivity index (χ0n) is 7.75. The third-order valence-electron chi connectivity index (χ3n) is 2.09.